The highest BCUT2D eigenvalue weighted by molar-refractivity contribution is 6.03. The molecule has 0 aromatic carbocycles. The number of carbonyl (C=O) groups is 1. The third-order valence-corrected chi connectivity index (χ3v) is 3.92. The number of aromatic nitrogens is 5. The summed E-state index contributed by atoms with van der Waals surface area (Å²) in [5.74, 6) is 1.07. The second-order valence-electron chi connectivity index (χ2n) is 5.53. The number of aryl methyl sites for hydroxylation is 2. The van der Waals surface area contributed by atoms with Crippen LogP contribution in [0.15, 0.2) is 36.8 Å². The van der Waals surface area contributed by atoms with Gasteiger partial charge < -0.3 is 10.3 Å². The lowest BCUT2D eigenvalue weighted by Gasteiger charge is -2.11. The predicted octanol–water partition coefficient (Wildman–Crippen LogP) is 2.26. The fourth-order valence-corrected chi connectivity index (χ4v) is 2.74. The summed E-state index contributed by atoms with van der Waals surface area (Å²) < 4.78 is 1.97. The number of H-pyrrole nitrogens is 1. The minimum Gasteiger partial charge on any atom is -0.343 e. The molecule has 0 saturated carbocycles. The van der Waals surface area contributed by atoms with Crippen molar-refractivity contribution in [3.05, 3.63) is 48.0 Å². The molecule has 7 heteroatoms. The molecule has 2 N–H and O–H groups in total. The van der Waals surface area contributed by atoms with Crippen LogP contribution >= 0.6 is 0 Å². The molecule has 1 aliphatic heterocycles. The van der Waals surface area contributed by atoms with Crippen molar-refractivity contribution in [2.45, 2.75) is 25.8 Å². The highest BCUT2D eigenvalue weighted by atomic mass is 16.1. The Morgan fingerprint density at radius 2 is 2.22 bits per heavy atom. The molecule has 3 aromatic heterocycles. The van der Waals surface area contributed by atoms with Crippen molar-refractivity contribution < 1.29 is 4.79 Å². The van der Waals surface area contributed by atoms with Gasteiger partial charge in [-0.05, 0) is 31.4 Å². The van der Waals surface area contributed by atoms with E-state index in [1.54, 1.807) is 30.7 Å². The van der Waals surface area contributed by atoms with E-state index in [2.05, 4.69) is 25.4 Å². The fourth-order valence-electron chi connectivity index (χ4n) is 2.74. The van der Waals surface area contributed by atoms with Gasteiger partial charge in [0.1, 0.15) is 5.69 Å². The lowest BCUT2D eigenvalue weighted by atomic mass is 10.1. The Morgan fingerprint density at radius 3 is 2.96 bits per heavy atom. The lowest BCUT2D eigenvalue weighted by molar-refractivity contribution is 0.102. The van der Waals surface area contributed by atoms with Crippen molar-refractivity contribution in [1.29, 1.82) is 0 Å². The Morgan fingerprint density at radius 1 is 1.26 bits per heavy atom. The molecule has 23 heavy (non-hydrogen) atoms. The van der Waals surface area contributed by atoms with E-state index in [0.29, 0.717) is 22.9 Å². The van der Waals surface area contributed by atoms with Gasteiger partial charge in [-0.25, -0.2) is 4.98 Å². The average molecular weight is 308 g/mol. The number of aromatic amines is 1. The molecular weight excluding hydrogens is 292 g/mol. The largest absolute Gasteiger partial charge is 0.343 e. The zero-order valence-corrected chi connectivity index (χ0v) is 12.5. The van der Waals surface area contributed by atoms with E-state index < -0.39 is 0 Å². The van der Waals surface area contributed by atoms with E-state index in [-0.39, 0.29) is 5.91 Å². The lowest BCUT2D eigenvalue weighted by Crippen LogP contribution is -2.14. The number of amides is 1. The second-order valence-corrected chi connectivity index (χ2v) is 5.53. The summed E-state index contributed by atoms with van der Waals surface area (Å²) in [4.78, 5) is 23.7. The highest BCUT2D eigenvalue weighted by Gasteiger charge is 2.14. The van der Waals surface area contributed by atoms with Crippen LogP contribution in [0.4, 0.5) is 5.82 Å². The molecule has 0 bridgehead atoms. The van der Waals surface area contributed by atoms with E-state index in [9.17, 15) is 4.79 Å². The maximum Gasteiger partial charge on any atom is 0.258 e. The van der Waals surface area contributed by atoms with Gasteiger partial charge >= 0.3 is 0 Å². The monoisotopic (exact) mass is 308 g/mol. The Balaban J connectivity index is 1.49. The first-order valence-electron chi connectivity index (χ1n) is 7.63. The number of carbonyl (C=O) groups excluding carboxylic acids is 1. The zero-order valence-electron chi connectivity index (χ0n) is 12.5. The van der Waals surface area contributed by atoms with Crippen LogP contribution in [0.3, 0.4) is 0 Å². The smallest absolute Gasteiger partial charge is 0.258 e. The highest BCUT2D eigenvalue weighted by Crippen LogP contribution is 2.18. The van der Waals surface area contributed by atoms with Gasteiger partial charge in [0.05, 0.1) is 5.56 Å². The van der Waals surface area contributed by atoms with Gasteiger partial charge in [-0.2, -0.15) is 5.10 Å². The summed E-state index contributed by atoms with van der Waals surface area (Å²) >= 11 is 0. The number of hydrogen-bond donors (Lipinski definition) is 2. The van der Waals surface area contributed by atoms with Crippen LogP contribution in [-0.4, -0.2) is 30.6 Å². The SMILES string of the molecule is O=C(Nc1cc2n(n1)CCCC2)c1ccc(-c2ncc[nH]2)nc1. The number of pyridine rings is 1. The Kier molecular flexibility index (Phi) is 3.38. The Bertz CT molecular complexity index is 795. The summed E-state index contributed by atoms with van der Waals surface area (Å²) in [5.41, 5.74) is 2.37. The summed E-state index contributed by atoms with van der Waals surface area (Å²) in [6, 6.07) is 5.45. The topological polar surface area (TPSA) is 88.5 Å². The maximum absolute atomic E-state index is 12.3. The van der Waals surface area contributed by atoms with Crippen molar-refractivity contribution in [3.8, 4) is 11.5 Å². The van der Waals surface area contributed by atoms with Gasteiger partial charge in [-0.3, -0.25) is 14.5 Å². The number of nitrogens with one attached hydrogen (secondary N) is 2. The second kappa shape index (κ2) is 5.68. The maximum atomic E-state index is 12.3. The molecule has 7 nitrogen and oxygen atoms in total. The predicted molar refractivity (Wildman–Crippen MR) is 84.9 cm³/mol. The van der Waals surface area contributed by atoms with Crippen molar-refractivity contribution in [2.75, 3.05) is 5.32 Å². The molecule has 4 rings (SSSR count). The number of fused-ring (bicyclic) bond motifs is 1. The third-order valence-electron chi connectivity index (χ3n) is 3.92. The van der Waals surface area contributed by atoms with E-state index in [1.165, 1.54) is 12.1 Å². The van der Waals surface area contributed by atoms with Crippen LogP contribution in [0, 0.1) is 0 Å². The third kappa shape index (κ3) is 2.73. The minimum atomic E-state index is -0.209. The molecule has 0 spiro atoms. The molecule has 116 valence electrons. The van der Waals surface area contributed by atoms with Crippen LogP contribution in [-0.2, 0) is 13.0 Å². The van der Waals surface area contributed by atoms with Crippen molar-refractivity contribution in [3.63, 3.8) is 0 Å². The average Bonchev–Trinajstić information content (AvgIpc) is 3.24. The minimum absolute atomic E-state index is 0.209. The molecule has 0 radical (unpaired) electrons. The van der Waals surface area contributed by atoms with Crippen molar-refractivity contribution in [2.24, 2.45) is 0 Å². The Labute approximate surface area is 132 Å². The summed E-state index contributed by atoms with van der Waals surface area (Å²) in [6.07, 6.45) is 8.28. The van der Waals surface area contributed by atoms with Crippen molar-refractivity contribution in [1.82, 2.24) is 24.7 Å². The van der Waals surface area contributed by atoms with Crippen LogP contribution in [0.25, 0.3) is 11.5 Å². The molecule has 4 heterocycles. The van der Waals surface area contributed by atoms with E-state index in [0.717, 1.165) is 19.4 Å². The Hall–Kier alpha value is -2.96. The molecule has 0 fully saturated rings. The molecule has 0 saturated heterocycles. The zero-order chi connectivity index (χ0) is 15.6. The summed E-state index contributed by atoms with van der Waals surface area (Å²) in [6.45, 7) is 0.921. The molecule has 1 amide bonds. The number of rotatable bonds is 3. The number of hydrogen-bond acceptors (Lipinski definition) is 4. The molecule has 0 atom stereocenters. The molecule has 3 aromatic rings. The van der Waals surface area contributed by atoms with E-state index in [4.69, 9.17) is 0 Å². The first-order valence-corrected chi connectivity index (χ1v) is 7.63. The first-order chi connectivity index (χ1) is 11.3. The van der Waals surface area contributed by atoms with Crippen LogP contribution in [0.5, 0.6) is 0 Å². The number of nitrogens with zero attached hydrogens (tertiary/aromatic N) is 4. The number of anilines is 1. The van der Waals surface area contributed by atoms with Gasteiger partial charge in [-0.1, -0.05) is 0 Å². The van der Waals surface area contributed by atoms with Gasteiger partial charge in [0, 0.05) is 36.9 Å². The van der Waals surface area contributed by atoms with Gasteiger partial charge in [0.2, 0.25) is 0 Å². The molecule has 1 aliphatic rings. The molecular formula is C16H16N6O. The van der Waals surface area contributed by atoms with Gasteiger partial charge in [-0.15, -0.1) is 0 Å². The van der Waals surface area contributed by atoms with Gasteiger partial charge in [0.15, 0.2) is 11.6 Å². The molecule has 0 unspecified atom stereocenters. The van der Waals surface area contributed by atoms with Crippen LogP contribution < -0.4 is 5.32 Å². The van der Waals surface area contributed by atoms with Crippen molar-refractivity contribution >= 4 is 11.7 Å². The quantitative estimate of drug-likeness (QED) is 0.776. The summed E-state index contributed by atoms with van der Waals surface area (Å²) in [5, 5.41) is 7.26. The van der Waals surface area contributed by atoms with E-state index in [1.807, 2.05) is 10.7 Å². The van der Waals surface area contributed by atoms with E-state index >= 15 is 0 Å². The van der Waals surface area contributed by atoms with Crippen LogP contribution in [0.2, 0.25) is 0 Å². The standard InChI is InChI=1S/C16H16N6O/c23-16(20-14-9-12-3-1-2-8-22(12)21-14)11-4-5-13(19-10-11)15-17-6-7-18-15/h4-7,9-10H,1-3,8H2,(H,17,18)(H,20,21,23). The normalized spacial score (nSPS) is 13.6. The summed E-state index contributed by atoms with van der Waals surface area (Å²) in [7, 11) is 0. The van der Waals surface area contributed by atoms with Crippen LogP contribution in [0.1, 0.15) is 28.9 Å². The number of imidazole rings is 1. The fraction of sp³-hybridized carbons (Fsp3) is 0.250. The molecule has 0 aliphatic carbocycles. The van der Waals surface area contributed by atoms with Gasteiger partial charge in [0.25, 0.3) is 5.91 Å². The first kappa shape index (κ1) is 13.7.